The Balaban J connectivity index is 0.00000450. The average molecular weight is 530 g/mol. The number of guanidine groups is 1. The Hall–Kier alpha value is -2.23. The van der Waals surface area contributed by atoms with Gasteiger partial charge in [-0.05, 0) is 49.1 Å². The second-order valence-electron chi connectivity index (χ2n) is 6.80. The van der Waals surface area contributed by atoms with Crippen molar-refractivity contribution >= 4 is 35.8 Å². The molecule has 2 N–H and O–H groups in total. The van der Waals surface area contributed by atoms with Crippen molar-refractivity contribution in [1.29, 1.82) is 0 Å². The maximum absolute atomic E-state index is 13.7. The lowest BCUT2D eigenvalue weighted by atomic mass is 10.1. The number of benzene rings is 2. The molecule has 0 saturated heterocycles. The van der Waals surface area contributed by atoms with E-state index < -0.39 is 11.6 Å². The SMILES string of the molecule is CCNC(=NCCc1cccc(F)c1F)NCCc1cccc(C(=O)N(C)C)c1.I. The molecule has 0 aromatic heterocycles. The van der Waals surface area contributed by atoms with Crippen molar-refractivity contribution in [1.82, 2.24) is 15.5 Å². The van der Waals surface area contributed by atoms with Crippen molar-refractivity contribution in [2.45, 2.75) is 19.8 Å². The highest BCUT2D eigenvalue weighted by Crippen LogP contribution is 2.12. The number of amides is 1. The molecule has 2 aromatic carbocycles. The first-order valence-electron chi connectivity index (χ1n) is 9.68. The van der Waals surface area contributed by atoms with Crippen molar-refractivity contribution in [2.75, 3.05) is 33.7 Å². The third-order valence-corrected chi connectivity index (χ3v) is 4.31. The van der Waals surface area contributed by atoms with E-state index in [4.69, 9.17) is 0 Å². The summed E-state index contributed by atoms with van der Waals surface area (Å²) in [6, 6.07) is 11.7. The molecule has 0 radical (unpaired) electrons. The predicted molar refractivity (Wildman–Crippen MR) is 128 cm³/mol. The number of carbonyl (C=O) groups is 1. The van der Waals surface area contributed by atoms with Crippen LogP contribution in [0.2, 0.25) is 0 Å². The quantitative estimate of drug-likeness (QED) is 0.312. The van der Waals surface area contributed by atoms with Gasteiger partial charge in [-0.25, -0.2) is 8.78 Å². The van der Waals surface area contributed by atoms with Crippen molar-refractivity contribution in [2.24, 2.45) is 4.99 Å². The topological polar surface area (TPSA) is 56.7 Å². The first kappa shape index (κ1) is 25.8. The maximum Gasteiger partial charge on any atom is 0.253 e. The van der Waals surface area contributed by atoms with Crippen LogP contribution in [0.3, 0.4) is 0 Å². The normalized spacial score (nSPS) is 10.9. The number of aliphatic imine (C=N–C) groups is 1. The molecule has 0 aliphatic heterocycles. The zero-order valence-corrected chi connectivity index (χ0v) is 19.9. The van der Waals surface area contributed by atoms with E-state index in [-0.39, 0.29) is 29.9 Å². The van der Waals surface area contributed by atoms with E-state index in [1.54, 1.807) is 31.1 Å². The average Bonchev–Trinajstić information content (AvgIpc) is 2.70. The van der Waals surface area contributed by atoms with Crippen LogP contribution < -0.4 is 10.6 Å². The molecule has 0 unspecified atom stereocenters. The zero-order valence-electron chi connectivity index (χ0n) is 17.5. The summed E-state index contributed by atoms with van der Waals surface area (Å²) in [6.07, 6.45) is 1.03. The minimum atomic E-state index is -0.841. The summed E-state index contributed by atoms with van der Waals surface area (Å²) in [5.74, 6) is -1.07. The van der Waals surface area contributed by atoms with Gasteiger partial charge in [0.1, 0.15) is 0 Å². The summed E-state index contributed by atoms with van der Waals surface area (Å²) < 4.78 is 27.0. The molecule has 1 amide bonds. The summed E-state index contributed by atoms with van der Waals surface area (Å²) in [7, 11) is 3.46. The fourth-order valence-electron chi connectivity index (χ4n) is 2.81. The van der Waals surface area contributed by atoms with E-state index >= 15 is 0 Å². The Kier molecular flexibility index (Phi) is 11.3. The van der Waals surface area contributed by atoms with Crippen LogP contribution in [0.4, 0.5) is 8.78 Å². The summed E-state index contributed by atoms with van der Waals surface area (Å²) in [4.78, 5) is 18.0. The van der Waals surface area contributed by atoms with E-state index in [0.717, 1.165) is 18.1 Å². The van der Waals surface area contributed by atoms with Gasteiger partial charge in [-0.3, -0.25) is 9.79 Å². The van der Waals surface area contributed by atoms with Gasteiger partial charge in [0.25, 0.3) is 5.91 Å². The Morgan fingerprint density at radius 1 is 1.07 bits per heavy atom. The molecular weight excluding hydrogens is 501 g/mol. The van der Waals surface area contributed by atoms with Gasteiger partial charge < -0.3 is 15.5 Å². The number of nitrogens with zero attached hydrogens (tertiary/aromatic N) is 2. The van der Waals surface area contributed by atoms with Gasteiger partial charge in [-0.15, -0.1) is 24.0 Å². The molecule has 0 bridgehead atoms. The van der Waals surface area contributed by atoms with Crippen LogP contribution in [0.1, 0.15) is 28.4 Å². The number of hydrogen-bond acceptors (Lipinski definition) is 2. The van der Waals surface area contributed by atoms with E-state index in [2.05, 4.69) is 15.6 Å². The third kappa shape index (κ3) is 7.89. The fourth-order valence-corrected chi connectivity index (χ4v) is 2.81. The Morgan fingerprint density at radius 3 is 2.50 bits per heavy atom. The number of halogens is 3. The molecule has 0 spiro atoms. The van der Waals surface area contributed by atoms with Crippen LogP contribution in [-0.4, -0.2) is 50.5 Å². The van der Waals surface area contributed by atoms with E-state index in [9.17, 15) is 13.6 Å². The van der Waals surface area contributed by atoms with E-state index in [1.807, 2.05) is 25.1 Å². The monoisotopic (exact) mass is 530 g/mol. The summed E-state index contributed by atoms with van der Waals surface area (Å²) in [5, 5.41) is 6.36. The Bertz CT molecular complexity index is 859. The van der Waals surface area contributed by atoms with Gasteiger partial charge in [0, 0.05) is 39.3 Å². The third-order valence-electron chi connectivity index (χ3n) is 4.31. The number of hydrogen-bond donors (Lipinski definition) is 2. The Morgan fingerprint density at radius 2 is 1.80 bits per heavy atom. The van der Waals surface area contributed by atoms with Crippen molar-refractivity contribution < 1.29 is 13.6 Å². The van der Waals surface area contributed by atoms with Crippen LogP contribution in [0, 0.1) is 11.6 Å². The second kappa shape index (κ2) is 13.1. The molecule has 0 saturated carbocycles. The van der Waals surface area contributed by atoms with Gasteiger partial charge in [-0.1, -0.05) is 24.3 Å². The molecule has 2 rings (SSSR count). The molecule has 0 fully saturated rings. The molecule has 0 aliphatic carbocycles. The second-order valence-corrected chi connectivity index (χ2v) is 6.80. The van der Waals surface area contributed by atoms with Gasteiger partial charge in [0.2, 0.25) is 0 Å². The lowest BCUT2D eigenvalue weighted by molar-refractivity contribution is 0.0827. The number of rotatable bonds is 8. The smallest absolute Gasteiger partial charge is 0.253 e. The van der Waals surface area contributed by atoms with Crippen molar-refractivity contribution in [3.63, 3.8) is 0 Å². The standard InChI is InChI=1S/C22H28F2N4O.HI/c1-4-25-22(27-14-12-17-8-6-10-19(23)20(17)24)26-13-11-16-7-5-9-18(15-16)21(29)28(2)3;/h5-10,15H,4,11-14H2,1-3H3,(H2,25,26,27);1H. The van der Waals surface area contributed by atoms with Crippen molar-refractivity contribution in [3.05, 3.63) is 70.8 Å². The summed E-state index contributed by atoms with van der Waals surface area (Å²) in [6.45, 7) is 3.61. The molecule has 164 valence electrons. The molecule has 2 aromatic rings. The number of nitrogens with one attached hydrogen (secondary N) is 2. The molecular formula is C22H29F2IN4O. The minimum absolute atomic E-state index is 0. The lowest BCUT2D eigenvalue weighted by Crippen LogP contribution is -2.38. The fraction of sp³-hybridized carbons (Fsp3) is 0.364. The van der Waals surface area contributed by atoms with E-state index in [1.165, 1.54) is 6.07 Å². The van der Waals surface area contributed by atoms with Crippen LogP contribution in [-0.2, 0) is 12.8 Å². The highest BCUT2D eigenvalue weighted by atomic mass is 127. The van der Waals surface area contributed by atoms with Gasteiger partial charge >= 0.3 is 0 Å². The summed E-state index contributed by atoms with van der Waals surface area (Å²) >= 11 is 0. The van der Waals surface area contributed by atoms with Crippen LogP contribution in [0.15, 0.2) is 47.5 Å². The summed E-state index contributed by atoms with van der Waals surface area (Å²) in [5.41, 5.74) is 2.01. The molecule has 30 heavy (non-hydrogen) atoms. The van der Waals surface area contributed by atoms with Crippen LogP contribution in [0.5, 0.6) is 0 Å². The highest BCUT2D eigenvalue weighted by Gasteiger charge is 2.09. The predicted octanol–water partition coefficient (Wildman–Crippen LogP) is 3.62. The lowest BCUT2D eigenvalue weighted by Gasteiger charge is -2.13. The van der Waals surface area contributed by atoms with Gasteiger partial charge in [0.15, 0.2) is 17.6 Å². The van der Waals surface area contributed by atoms with Gasteiger partial charge in [0.05, 0.1) is 0 Å². The first-order chi connectivity index (χ1) is 13.9. The Labute approximate surface area is 194 Å². The van der Waals surface area contributed by atoms with Crippen molar-refractivity contribution in [3.8, 4) is 0 Å². The number of carbonyl (C=O) groups excluding carboxylic acids is 1. The highest BCUT2D eigenvalue weighted by molar-refractivity contribution is 14.0. The molecule has 0 heterocycles. The largest absolute Gasteiger partial charge is 0.357 e. The van der Waals surface area contributed by atoms with Crippen LogP contribution in [0.25, 0.3) is 0 Å². The molecule has 8 heteroatoms. The van der Waals surface area contributed by atoms with E-state index in [0.29, 0.717) is 43.1 Å². The maximum atomic E-state index is 13.7. The molecule has 0 atom stereocenters. The minimum Gasteiger partial charge on any atom is -0.357 e. The zero-order chi connectivity index (χ0) is 21.2. The molecule has 0 aliphatic rings. The first-order valence-corrected chi connectivity index (χ1v) is 9.68. The van der Waals surface area contributed by atoms with Crippen LogP contribution >= 0.6 is 24.0 Å². The van der Waals surface area contributed by atoms with Gasteiger partial charge in [-0.2, -0.15) is 0 Å². The molecule has 5 nitrogen and oxygen atoms in total.